The minimum Gasteiger partial charge on any atom is -0.380 e. The number of benzene rings is 1. The van der Waals surface area contributed by atoms with Gasteiger partial charge in [0.2, 0.25) is 0 Å². The van der Waals surface area contributed by atoms with E-state index >= 15 is 0 Å². The van der Waals surface area contributed by atoms with Gasteiger partial charge in [-0.25, -0.2) is 0 Å². The average molecular weight is 336 g/mol. The maximum atomic E-state index is 13.1. The van der Waals surface area contributed by atoms with E-state index in [4.69, 9.17) is 4.74 Å². The molecule has 6 heteroatoms. The van der Waals surface area contributed by atoms with Gasteiger partial charge in [0.25, 0.3) is 5.91 Å². The quantitative estimate of drug-likeness (QED) is 0.735. The van der Waals surface area contributed by atoms with Crippen LogP contribution < -0.4 is 0 Å². The van der Waals surface area contributed by atoms with Crippen LogP contribution in [0.15, 0.2) is 48.7 Å². The number of carbonyl (C=O) groups excluding carboxylic acids is 1. The first kappa shape index (κ1) is 15.8. The van der Waals surface area contributed by atoms with Crippen LogP contribution in [0.1, 0.15) is 40.6 Å². The van der Waals surface area contributed by atoms with Gasteiger partial charge in [-0.05, 0) is 42.7 Å². The highest BCUT2D eigenvalue weighted by molar-refractivity contribution is 5.94. The van der Waals surface area contributed by atoms with E-state index in [1.165, 1.54) is 0 Å². The van der Waals surface area contributed by atoms with Gasteiger partial charge in [-0.1, -0.05) is 18.2 Å². The Morgan fingerprint density at radius 3 is 3.04 bits per heavy atom. The van der Waals surface area contributed by atoms with E-state index in [0.717, 1.165) is 36.4 Å². The monoisotopic (exact) mass is 336 g/mol. The van der Waals surface area contributed by atoms with Crippen LogP contribution >= 0.6 is 0 Å². The Labute approximate surface area is 146 Å². The van der Waals surface area contributed by atoms with Gasteiger partial charge in [0.1, 0.15) is 0 Å². The summed E-state index contributed by atoms with van der Waals surface area (Å²) in [5.74, 6) is 0.864. The first-order chi connectivity index (χ1) is 12.3. The predicted molar refractivity (Wildman–Crippen MR) is 93.2 cm³/mol. The molecule has 1 saturated heterocycles. The standard InChI is InChI=1S/C19H20N4O2/c1-25-13-14-6-4-7-15(12-14)19(24)22-11-5-8-16(22)18-21-20-17-9-2-3-10-23(17)18/h2-4,6-7,9-10,12,16H,5,8,11,13H2,1H3. The van der Waals surface area contributed by atoms with Crippen molar-refractivity contribution in [2.45, 2.75) is 25.5 Å². The zero-order chi connectivity index (χ0) is 17.2. The maximum Gasteiger partial charge on any atom is 0.254 e. The second-order valence-corrected chi connectivity index (χ2v) is 6.28. The van der Waals surface area contributed by atoms with Crippen molar-refractivity contribution < 1.29 is 9.53 Å². The van der Waals surface area contributed by atoms with Crippen molar-refractivity contribution >= 4 is 11.6 Å². The number of carbonyl (C=O) groups is 1. The molecule has 0 spiro atoms. The van der Waals surface area contributed by atoms with Gasteiger partial charge in [0.15, 0.2) is 11.5 Å². The number of rotatable bonds is 4. The molecule has 1 amide bonds. The van der Waals surface area contributed by atoms with Crippen molar-refractivity contribution in [3.63, 3.8) is 0 Å². The van der Waals surface area contributed by atoms with Crippen molar-refractivity contribution in [2.75, 3.05) is 13.7 Å². The highest BCUT2D eigenvalue weighted by atomic mass is 16.5. The molecule has 1 fully saturated rings. The molecule has 128 valence electrons. The SMILES string of the molecule is COCc1cccc(C(=O)N2CCCC2c2nnc3ccccn23)c1. The van der Waals surface area contributed by atoms with Crippen molar-refractivity contribution in [1.29, 1.82) is 0 Å². The van der Waals surface area contributed by atoms with Crippen LogP contribution in [0.5, 0.6) is 0 Å². The van der Waals surface area contributed by atoms with Gasteiger partial charge in [-0.2, -0.15) is 0 Å². The largest absolute Gasteiger partial charge is 0.380 e. The molecule has 0 bridgehead atoms. The Kier molecular flexibility index (Phi) is 4.19. The normalized spacial score (nSPS) is 17.3. The number of hydrogen-bond acceptors (Lipinski definition) is 4. The van der Waals surface area contributed by atoms with Crippen molar-refractivity contribution in [2.24, 2.45) is 0 Å². The predicted octanol–water partition coefficient (Wildman–Crippen LogP) is 2.85. The molecule has 4 rings (SSSR count). The molecule has 0 saturated carbocycles. The first-order valence-corrected chi connectivity index (χ1v) is 8.46. The van der Waals surface area contributed by atoms with Crippen LogP contribution in [-0.4, -0.2) is 39.1 Å². The van der Waals surface area contributed by atoms with Gasteiger partial charge in [0, 0.05) is 25.4 Å². The number of aromatic nitrogens is 3. The van der Waals surface area contributed by atoms with Crippen LogP contribution in [0.25, 0.3) is 5.65 Å². The second-order valence-electron chi connectivity index (χ2n) is 6.28. The third kappa shape index (κ3) is 2.89. The molecule has 1 atom stereocenters. The number of amides is 1. The fourth-order valence-corrected chi connectivity index (χ4v) is 3.49. The summed E-state index contributed by atoms with van der Waals surface area (Å²) in [6.45, 7) is 1.24. The van der Waals surface area contributed by atoms with E-state index in [-0.39, 0.29) is 11.9 Å². The van der Waals surface area contributed by atoms with E-state index in [9.17, 15) is 4.79 Å². The molecule has 1 unspecified atom stereocenters. The van der Waals surface area contributed by atoms with E-state index in [2.05, 4.69) is 10.2 Å². The molecule has 3 aromatic rings. The topological polar surface area (TPSA) is 59.7 Å². The first-order valence-electron chi connectivity index (χ1n) is 8.46. The summed E-state index contributed by atoms with van der Waals surface area (Å²) >= 11 is 0. The summed E-state index contributed by atoms with van der Waals surface area (Å²) in [6.07, 6.45) is 3.82. The van der Waals surface area contributed by atoms with E-state index in [1.54, 1.807) is 7.11 Å². The zero-order valence-electron chi connectivity index (χ0n) is 14.1. The highest BCUT2D eigenvalue weighted by Crippen LogP contribution is 2.32. The van der Waals surface area contributed by atoms with E-state index in [0.29, 0.717) is 12.2 Å². The number of likely N-dealkylation sites (tertiary alicyclic amines) is 1. The Morgan fingerprint density at radius 2 is 2.16 bits per heavy atom. The lowest BCUT2D eigenvalue weighted by atomic mass is 10.1. The van der Waals surface area contributed by atoms with Gasteiger partial charge >= 0.3 is 0 Å². The lowest BCUT2D eigenvalue weighted by Gasteiger charge is -2.23. The number of methoxy groups -OCH3 is 1. The lowest BCUT2D eigenvalue weighted by molar-refractivity contribution is 0.0729. The fraction of sp³-hybridized carbons (Fsp3) is 0.316. The van der Waals surface area contributed by atoms with Crippen molar-refractivity contribution in [1.82, 2.24) is 19.5 Å². The van der Waals surface area contributed by atoms with Gasteiger partial charge in [-0.15, -0.1) is 10.2 Å². The molecule has 6 nitrogen and oxygen atoms in total. The Balaban J connectivity index is 1.65. The summed E-state index contributed by atoms with van der Waals surface area (Å²) < 4.78 is 7.14. The fourth-order valence-electron chi connectivity index (χ4n) is 3.49. The number of ether oxygens (including phenoxy) is 1. The van der Waals surface area contributed by atoms with Gasteiger partial charge < -0.3 is 9.64 Å². The molecule has 0 N–H and O–H groups in total. The second kappa shape index (κ2) is 6.64. The summed E-state index contributed by atoms with van der Waals surface area (Å²) in [7, 11) is 1.65. The summed E-state index contributed by atoms with van der Waals surface area (Å²) in [6, 6.07) is 13.4. The Morgan fingerprint density at radius 1 is 1.24 bits per heavy atom. The molecular weight excluding hydrogens is 316 g/mol. The highest BCUT2D eigenvalue weighted by Gasteiger charge is 2.33. The molecule has 25 heavy (non-hydrogen) atoms. The van der Waals surface area contributed by atoms with Crippen LogP contribution in [-0.2, 0) is 11.3 Å². The minimum absolute atomic E-state index is 0.0353. The lowest BCUT2D eigenvalue weighted by Crippen LogP contribution is -2.31. The van der Waals surface area contributed by atoms with E-state index in [1.807, 2.05) is 58.0 Å². The molecule has 1 aliphatic heterocycles. The number of pyridine rings is 1. The number of fused-ring (bicyclic) bond motifs is 1. The Hall–Kier alpha value is -2.73. The van der Waals surface area contributed by atoms with Gasteiger partial charge in [-0.3, -0.25) is 9.20 Å². The number of nitrogens with zero attached hydrogens (tertiary/aromatic N) is 4. The molecule has 1 aromatic carbocycles. The third-order valence-corrected chi connectivity index (χ3v) is 4.64. The third-order valence-electron chi connectivity index (χ3n) is 4.64. The molecule has 2 aromatic heterocycles. The van der Waals surface area contributed by atoms with Crippen LogP contribution in [0.4, 0.5) is 0 Å². The molecule has 0 aliphatic carbocycles. The van der Waals surface area contributed by atoms with Crippen molar-refractivity contribution in [3.8, 4) is 0 Å². The van der Waals surface area contributed by atoms with Crippen LogP contribution in [0, 0.1) is 0 Å². The van der Waals surface area contributed by atoms with Crippen LogP contribution in [0.2, 0.25) is 0 Å². The summed E-state index contributed by atoms with van der Waals surface area (Å²) in [5.41, 5.74) is 2.49. The average Bonchev–Trinajstić information content (AvgIpc) is 3.28. The molecular formula is C19H20N4O2. The molecule has 0 radical (unpaired) electrons. The van der Waals surface area contributed by atoms with E-state index < -0.39 is 0 Å². The summed E-state index contributed by atoms with van der Waals surface area (Å²) in [4.78, 5) is 15.0. The maximum absolute atomic E-state index is 13.1. The van der Waals surface area contributed by atoms with Crippen LogP contribution in [0.3, 0.4) is 0 Å². The number of hydrogen-bond donors (Lipinski definition) is 0. The molecule has 1 aliphatic rings. The minimum atomic E-state index is -0.0454. The molecule has 3 heterocycles. The van der Waals surface area contributed by atoms with Crippen molar-refractivity contribution in [3.05, 3.63) is 65.6 Å². The smallest absolute Gasteiger partial charge is 0.254 e. The Bertz CT molecular complexity index is 905. The van der Waals surface area contributed by atoms with Gasteiger partial charge in [0.05, 0.1) is 12.6 Å². The zero-order valence-corrected chi connectivity index (χ0v) is 14.1. The summed E-state index contributed by atoms with van der Waals surface area (Å²) in [5, 5.41) is 8.58.